The molecule has 21 heavy (non-hydrogen) atoms. The molecular weight excluding hydrogens is 276 g/mol. The van der Waals surface area contributed by atoms with Gasteiger partial charge in [0, 0.05) is 0 Å². The Morgan fingerprint density at radius 2 is 0.810 bits per heavy atom. The molecule has 2 aromatic rings. The highest BCUT2D eigenvalue weighted by Gasteiger charge is 2.35. The number of rotatable bonds is 2. The molecule has 0 heterocycles. The van der Waals surface area contributed by atoms with E-state index in [4.69, 9.17) is 0 Å². The van der Waals surface area contributed by atoms with Crippen molar-refractivity contribution in [2.24, 2.45) is 0 Å². The lowest BCUT2D eigenvalue weighted by Gasteiger charge is -2.22. The van der Waals surface area contributed by atoms with Gasteiger partial charge < -0.3 is 9.59 Å². The summed E-state index contributed by atoms with van der Waals surface area (Å²) in [6.07, 6.45) is 0. The zero-order chi connectivity index (χ0) is 15.9. The maximum atomic E-state index is 10.8. The van der Waals surface area contributed by atoms with Gasteiger partial charge in [-0.25, -0.2) is 0 Å². The average molecular weight is 300 g/mol. The van der Waals surface area contributed by atoms with Crippen LogP contribution in [-0.4, -0.2) is 18.2 Å². The number of benzene rings is 2. The molecule has 2 nitrogen and oxygen atoms in total. The van der Waals surface area contributed by atoms with Gasteiger partial charge in [0.15, 0.2) is 0 Å². The first-order chi connectivity index (χ1) is 9.64. The van der Waals surface area contributed by atoms with Crippen molar-refractivity contribution in [2.45, 2.75) is 41.5 Å². The summed E-state index contributed by atoms with van der Waals surface area (Å²) in [5, 5.41) is 1.32. The molecule has 0 atom stereocenters. The molecule has 0 aliphatic carbocycles. The van der Waals surface area contributed by atoms with Gasteiger partial charge in [-0.3, -0.25) is 0 Å². The van der Waals surface area contributed by atoms with Crippen molar-refractivity contribution in [1.82, 2.24) is 0 Å². The van der Waals surface area contributed by atoms with Crippen LogP contribution in [0.2, 0.25) is 0 Å². The number of aryl methyl sites for hydroxylation is 4. The van der Waals surface area contributed by atoms with Gasteiger partial charge in [-0.05, 0) is 85.3 Å². The molecule has 0 unspecified atom stereocenters. The van der Waals surface area contributed by atoms with Crippen LogP contribution in [-0.2, 0) is 0 Å². The van der Waals surface area contributed by atoms with E-state index < -0.39 is 8.56 Å². The van der Waals surface area contributed by atoms with Crippen molar-refractivity contribution < 1.29 is 9.59 Å². The molecular formula is C18H24O2Si. The van der Waals surface area contributed by atoms with Gasteiger partial charge in [0.1, 0.15) is 0 Å². The minimum absolute atomic E-state index is 0.658. The van der Waals surface area contributed by atoms with Gasteiger partial charge in [-0.1, -0.05) is 24.3 Å². The van der Waals surface area contributed by atoms with Crippen LogP contribution in [0, 0.1) is 41.5 Å². The molecule has 112 valence electrons. The van der Waals surface area contributed by atoms with Crippen LogP contribution >= 0.6 is 0 Å². The van der Waals surface area contributed by atoms with Crippen LogP contribution in [0.3, 0.4) is 0 Å². The fourth-order valence-electron chi connectivity index (χ4n) is 2.64. The lowest BCUT2D eigenvalue weighted by molar-refractivity contribution is 0.401. The van der Waals surface area contributed by atoms with E-state index in [-0.39, 0.29) is 0 Å². The quantitative estimate of drug-likeness (QED) is 0.834. The summed E-state index contributed by atoms with van der Waals surface area (Å²) in [5.74, 6) is 0. The number of hydrogen-bond acceptors (Lipinski definition) is 2. The van der Waals surface area contributed by atoms with Gasteiger partial charge in [-0.15, -0.1) is 0 Å². The normalized spacial score (nSPS) is 11.8. The molecule has 0 aliphatic rings. The molecule has 0 saturated carbocycles. The third-order valence-corrected chi connectivity index (χ3v) is 6.85. The Morgan fingerprint density at radius 3 is 1.05 bits per heavy atom. The highest BCUT2D eigenvalue weighted by molar-refractivity contribution is 6.90. The molecule has 3 heteroatoms. The molecule has 2 aromatic carbocycles. The molecule has 0 aromatic heterocycles. The van der Waals surface area contributed by atoms with Crippen LogP contribution in [0.5, 0.6) is 0 Å². The highest BCUT2D eigenvalue weighted by atomic mass is 28.4. The summed E-state index contributed by atoms with van der Waals surface area (Å²) < 4.78 is 0. The standard InChI is InChI=1S/C18H24O2Si/c1-11-7-17(8-12(2)15(11)5)21(19,20)18-9-13(3)16(6)14(4)10-18/h7-10,19-20H,1-6H3. The first-order valence-electron chi connectivity index (χ1n) is 7.26. The van der Waals surface area contributed by atoms with Crippen molar-refractivity contribution in [3.63, 3.8) is 0 Å². The maximum Gasteiger partial charge on any atom is 0.401 e. The molecule has 0 aliphatic heterocycles. The first-order valence-corrected chi connectivity index (χ1v) is 9.15. The Morgan fingerprint density at radius 1 is 0.571 bits per heavy atom. The van der Waals surface area contributed by atoms with E-state index in [9.17, 15) is 9.59 Å². The van der Waals surface area contributed by atoms with Crippen LogP contribution < -0.4 is 10.4 Å². The smallest absolute Gasteiger partial charge is 0.401 e. The van der Waals surface area contributed by atoms with Crippen molar-refractivity contribution in [3.8, 4) is 0 Å². The van der Waals surface area contributed by atoms with Gasteiger partial charge in [0.25, 0.3) is 0 Å². The van der Waals surface area contributed by atoms with Crippen LogP contribution in [0.15, 0.2) is 24.3 Å². The Hall–Kier alpha value is -1.42. The topological polar surface area (TPSA) is 40.5 Å². The monoisotopic (exact) mass is 300 g/mol. The van der Waals surface area contributed by atoms with E-state index in [0.29, 0.717) is 10.4 Å². The molecule has 2 rings (SSSR count). The second-order valence-electron chi connectivity index (χ2n) is 6.14. The van der Waals surface area contributed by atoms with E-state index in [2.05, 4.69) is 13.8 Å². The van der Waals surface area contributed by atoms with E-state index in [1.807, 2.05) is 52.0 Å². The first kappa shape index (κ1) is 16.0. The summed E-state index contributed by atoms with van der Waals surface area (Å²) in [4.78, 5) is 21.7. The van der Waals surface area contributed by atoms with Crippen molar-refractivity contribution in [1.29, 1.82) is 0 Å². The lowest BCUT2D eigenvalue weighted by Crippen LogP contribution is -2.59. The average Bonchev–Trinajstić information content (AvgIpc) is 2.40. The Labute approximate surface area is 128 Å². The largest absolute Gasteiger partial charge is 0.404 e. The van der Waals surface area contributed by atoms with Crippen molar-refractivity contribution in [2.75, 3.05) is 0 Å². The van der Waals surface area contributed by atoms with Gasteiger partial charge in [-0.2, -0.15) is 0 Å². The van der Waals surface area contributed by atoms with Crippen LogP contribution in [0.25, 0.3) is 0 Å². The van der Waals surface area contributed by atoms with Crippen molar-refractivity contribution in [3.05, 3.63) is 57.6 Å². The SMILES string of the molecule is Cc1cc([Si](O)(O)c2cc(C)c(C)c(C)c2)cc(C)c1C. The minimum Gasteiger partial charge on any atom is -0.404 e. The molecule has 2 N–H and O–H groups in total. The van der Waals surface area contributed by atoms with E-state index in [1.165, 1.54) is 11.1 Å². The highest BCUT2D eigenvalue weighted by Crippen LogP contribution is 2.15. The second-order valence-corrected chi connectivity index (χ2v) is 8.64. The molecule has 0 radical (unpaired) electrons. The van der Waals surface area contributed by atoms with E-state index in [0.717, 1.165) is 22.3 Å². The third-order valence-electron chi connectivity index (χ3n) is 4.66. The summed E-state index contributed by atoms with van der Waals surface area (Å²) in [6.45, 7) is 12.2. The van der Waals surface area contributed by atoms with Gasteiger partial charge in [0.2, 0.25) is 0 Å². The van der Waals surface area contributed by atoms with Gasteiger partial charge in [0.05, 0.1) is 0 Å². The molecule has 0 amide bonds. The summed E-state index contributed by atoms with van der Waals surface area (Å²) >= 11 is 0. The zero-order valence-corrected chi connectivity index (χ0v) is 14.7. The van der Waals surface area contributed by atoms with Crippen LogP contribution in [0.4, 0.5) is 0 Å². The van der Waals surface area contributed by atoms with E-state index in [1.54, 1.807) is 0 Å². The van der Waals surface area contributed by atoms with Gasteiger partial charge >= 0.3 is 8.56 Å². The summed E-state index contributed by atoms with van der Waals surface area (Å²) in [7, 11) is -3.63. The summed E-state index contributed by atoms with van der Waals surface area (Å²) in [6, 6.07) is 7.66. The third kappa shape index (κ3) is 2.82. The second kappa shape index (κ2) is 5.41. The van der Waals surface area contributed by atoms with E-state index >= 15 is 0 Å². The predicted molar refractivity (Wildman–Crippen MR) is 90.8 cm³/mol. The summed E-state index contributed by atoms with van der Waals surface area (Å²) in [5.41, 5.74) is 6.83. The number of hydrogen-bond donors (Lipinski definition) is 2. The molecule has 0 fully saturated rings. The molecule has 0 bridgehead atoms. The van der Waals surface area contributed by atoms with Crippen molar-refractivity contribution >= 4 is 18.9 Å². The zero-order valence-electron chi connectivity index (χ0n) is 13.7. The van der Waals surface area contributed by atoms with Crippen LogP contribution in [0.1, 0.15) is 33.4 Å². The molecule has 0 saturated heterocycles. The fraction of sp³-hybridized carbons (Fsp3) is 0.333. The minimum atomic E-state index is -3.63. The Bertz CT molecular complexity index is 597. The lowest BCUT2D eigenvalue weighted by atomic mass is 10.0. The Balaban J connectivity index is 2.61. The predicted octanol–water partition coefficient (Wildman–Crippen LogP) is 2.08. The maximum absolute atomic E-state index is 10.8. The Kier molecular flexibility index (Phi) is 4.11. The molecule has 0 spiro atoms. The fourth-order valence-corrected chi connectivity index (χ4v) is 4.65.